The Labute approximate surface area is 182 Å². The molecular formula is C20H19F3N6O2S. The summed E-state index contributed by atoms with van der Waals surface area (Å²) < 4.78 is 69.1. The van der Waals surface area contributed by atoms with E-state index in [1.807, 2.05) is 13.0 Å². The van der Waals surface area contributed by atoms with Crippen LogP contribution in [0.1, 0.15) is 18.1 Å². The van der Waals surface area contributed by atoms with Crippen molar-refractivity contribution in [1.29, 1.82) is 0 Å². The first kappa shape index (κ1) is 21.8. The van der Waals surface area contributed by atoms with Crippen molar-refractivity contribution >= 4 is 26.6 Å². The lowest BCUT2D eigenvalue weighted by Crippen LogP contribution is -2.28. The minimum atomic E-state index is -4.52. The summed E-state index contributed by atoms with van der Waals surface area (Å²) in [5.41, 5.74) is 0.489. The van der Waals surface area contributed by atoms with Gasteiger partial charge in [-0.1, -0.05) is 19.1 Å². The van der Waals surface area contributed by atoms with Crippen molar-refractivity contribution in [3.63, 3.8) is 0 Å². The monoisotopic (exact) mass is 464 g/mol. The van der Waals surface area contributed by atoms with Crippen LogP contribution in [0.4, 0.5) is 18.9 Å². The van der Waals surface area contributed by atoms with Crippen molar-refractivity contribution in [2.45, 2.75) is 24.4 Å². The minimum Gasteiger partial charge on any atom is -0.268 e. The van der Waals surface area contributed by atoms with Crippen LogP contribution in [0.25, 0.3) is 16.7 Å². The van der Waals surface area contributed by atoms with Crippen LogP contribution >= 0.6 is 0 Å². The number of nitrogens with zero attached hydrogens (tertiary/aromatic N) is 6. The highest BCUT2D eigenvalue weighted by Gasteiger charge is 2.32. The predicted octanol–water partition coefficient (Wildman–Crippen LogP) is 3.56. The summed E-state index contributed by atoms with van der Waals surface area (Å²) in [7, 11) is -0.909. The molecule has 0 aliphatic rings. The second kappa shape index (κ2) is 7.62. The van der Waals surface area contributed by atoms with E-state index >= 15 is 0 Å². The van der Waals surface area contributed by atoms with Gasteiger partial charge in [-0.05, 0) is 24.1 Å². The van der Waals surface area contributed by atoms with Crippen LogP contribution in [0.3, 0.4) is 0 Å². The molecule has 0 N–H and O–H groups in total. The van der Waals surface area contributed by atoms with E-state index in [1.165, 1.54) is 30.1 Å². The van der Waals surface area contributed by atoms with Gasteiger partial charge in [0.1, 0.15) is 4.90 Å². The highest BCUT2D eigenvalue weighted by Crippen LogP contribution is 2.32. The summed E-state index contributed by atoms with van der Waals surface area (Å²) in [6.07, 6.45) is 0.379. The number of alkyl halides is 3. The zero-order valence-electron chi connectivity index (χ0n) is 17.4. The van der Waals surface area contributed by atoms with Crippen molar-refractivity contribution < 1.29 is 21.6 Å². The molecular weight excluding hydrogens is 445 g/mol. The molecule has 4 aromatic rings. The lowest BCUT2D eigenvalue weighted by Gasteiger charge is -2.22. The molecule has 0 aliphatic heterocycles. The van der Waals surface area contributed by atoms with E-state index in [2.05, 4.69) is 15.2 Å². The van der Waals surface area contributed by atoms with Crippen LogP contribution in [-0.2, 0) is 29.7 Å². The van der Waals surface area contributed by atoms with Crippen molar-refractivity contribution in [3.05, 3.63) is 60.2 Å². The molecule has 168 valence electrons. The van der Waals surface area contributed by atoms with Gasteiger partial charge in [0.05, 0.1) is 35.4 Å². The van der Waals surface area contributed by atoms with Gasteiger partial charge >= 0.3 is 6.18 Å². The lowest BCUT2D eigenvalue weighted by molar-refractivity contribution is -0.137. The van der Waals surface area contributed by atoms with Gasteiger partial charge in [0, 0.05) is 25.7 Å². The van der Waals surface area contributed by atoms with Crippen LogP contribution in [0.2, 0.25) is 0 Å². The molecule has 0 amide bonds. The average Bonchev–Trinajstić information content (AvgIpc) is 3.40. The number of anilines is 1. The van der Waals surface area contributed by atoms with Crippen LogP contribution in [-0.4, -0.2) is 40.0 Å². The van der Waals surface area contributed by atoms with E-state index in [4.69, 9.17) is 0 Å². The molecule has 0 saturated heterocycles. The maximum atomic E-state index is 13.6. The van der Waals surface area contributed by atoms with Gasteiger partial charge in [-0.2, -0.15) is 23.4 Å². The molecule has 0 atom stereocenters. The van der Waals surface area contributed by atoms with Crippen molar-refractivity contribution in [3.8, 4) is 5.82 Å². The molecule has 0 fully saturated rings. The Kier molecular flexibility index (Phi) is 5.19. The average molecular weight is 464 g/mol. The van der Waals surface area contributed by atoms with Crippen LogP contribution in [0.5, 0.6) is 0 Å². The summed E-state index contributed by atoms with van der Waals surface area (Å²) in [5.74, 6) is 0.123. The van der Waals surface area contributed by atoms with E-state index < -0.39 is 21.8 Å². The molecule has 12 heteroatoms. The molecule has 0 radical (unpaired) electrons. The Bertz CT molecular complexity index is 1390. The third-order valence-electron chi connectivity index (χ3n) is 5.18. The largest absolute Gasteiger partial charge is 0.419 e. The highest BCUT2D eigenvalue weighted by atomic mass is 32.2. The molecule has 3 aromatic heterocycles. The number of hydrogen-bond donors (Lipinski definition) is 0. The smallest absolute Gasteiger partial charge is 0.268 e. The van der Waals surface area contributed by atoms with E-state index in [1.54, 1.807) is 19.3 Å². The second-order valence-electron chi connectivity index (χ2n) is 7.13. The first-order valence-electron chi connectivity index (χ1n) is 9.55. The van der Waals surface area contributed by atoms with Gasteiger partial charge in [-0.3, -0.25) is 8.99 Å². The van der Waals surface area contributed by atoms with Crippen LogP contribution in [0.15, 0.2) is 53.9 Å². The van der Waals surface area contributed by atoms with Crippen LogP contribution in [0, 0.1) is 0 Å². The van der Waals surface area contributed by atoms with Crippen molar-refractivity contribution in [2.24, 2.45) is 7.05 Å². The standard InChI is InChI=1S/C20H19F3N6O2S/c1-4-13-5-6-14-9-25-27(2)18(14)19(13)32(30,31)28(3)16-7-8-17(24-11-16)29-12-15(10-26-29)20(21,22)23/h5-12H,4H2,1-3H3. The lowest BCUT2D eigenvalue weighted by atomic mass is 10.1. The maximum absolute atomic E-state index is 13.6. The fraction of sp³-hybridized carbons (Fsp3) is 0.250. The number of rotatable bonds is 5. The van der Waals surface area contributed by atoms with Gasteiger partial charge in [0.25, 0.3) is 10.0 Å². The number of hydrogen-bond acceptors (Lipinski definition) is 5. The Morgan fingerprint density at radius 3 is 2.41 bits per heavy atom. The molecule has 4 rings (SSSR count). The Hall–Kier alpha value is -3.41. The van der Waals surface area contributed by atoms with Gasteiger partial charge in [0.15, 0.2) is 5.82 Å². The fourth-order valence-electron chi connectivity index (χ4n) is 3.41. The third-order valence-corrected chi connectivity index (χ3v) is 7.08. The quantitative estimate of drug-likeness (QED) is 0.451. The number of halogens is 3. The molecule has 32 heavy (non-hydrogen) atoms. The second-order valence-corrected chi connectivity index (χ2v) is 9.04. The maximum Gasteiger partial charge on any atom is 0.419 e. The summed E-state index contributed by atoms with van der Waals surface area (Å²) in [6.45, 7) is 1.87. The fourth-order valence-corrected chi connectivity index (χ4v) is 5.11. The molecule has 3 heterocycles. The summed E-state index contributed by atoms with van der Waals surface area (Å²) in [4.78, 5) is 4.25. The SMILES string of the molecule is CCc1ccc2cnn(C)c2c1S(=O)(=O)N(C)c1ccc(-n2cc(C(F)(F)F)cn2)nc1. The molecule has 1 aromatic carbocycles. The zero-order valence-corrected chi connectivity index (χ0v) is 18.2. The zero-order chi connectivity index (χ0) is 23.3. The Balaban J connectivity index is 1.72. The Morgan fingerprint density at radius 1 is 1.06 bits per heavy atom. The first-order chi connectivity index (χ1) is 15.0. The highest BCUT2D eigenvalue weighted by molar-refractivity contribution is 7.93. The predicted molar refractivity (Wildman–Crippen MR) is 112 cm³/mol. The first-order valence-corrected chi connectivity index (χ1v) is 11.0. The molecule has 0 bridgehead atoms. The number of fused-ring (bicyclic) bond motifs is 1. The van der Waals surface area contributed by atoms with E-state index in [0.717, 1.165) is 15.2 Å². The molecule has 0 spiro atoms. The molecule has 0 saturated carbocycles. The van der Waals surface area contributed by atoms with E-state index in [0.29, 0.717) is 29.1 Å². The Morgan fingerprint density at radius 2 is 1.81 bits per heavy atom. The van der Waals surface area contributed by atoms with Crippen LogP contribution < -0.4 is 4.31 Å². The molecule has 0 unspecified atom stereocenters. The number of sulfonamides is 1. The summed E-state index contributed by atoms with van der Waals surface area (Å²) >= 11 is 0. The normalized spacial score (nSPS) is 12.4. The van der Waals surface area contributed by atoms with Gasteiger partial charge in [0.2, 0.25) is 0 Å². The number of aromatic nitrogens is 5. The summed E-state index contributed by atoms with van der Waals surface area (Å²) in [5, 5.41) is 8.55. The number of aryl methyl sites for hydroxylation is 2. The molecule has 0 aliphatic carbocycles. The molecule has 8 nitrogen and oxygen atoms in total. The summed E-state index contributed by atoms with van der Waals surface area (Å²) in [6, 6.07) is 6.46. The van der Waals surface area contributed by atoms with Gasteiger partial charge in [-0.15, -0.1) is 0 Å². The van der Waals surface area contributed by atoms with E-state index in [-0.39, 0.29) is 16.4 Å². The van der Waals surface area contributed by atoms with Gasteiger partial charge in [-0.25, -0.2) is 18.1 Å². The number of benzene rings is 1. The van der Waals surface area contributed by atoms with E-state index in [9.17, 15) is 21.6 Å². The topological polar surface area (TPSA) is 85.9 Å². The number of pyridine rings is 1. The third kappa shape index (κ3) is 3.60. The van der Waals surface area contributed by atoms with Crippen molar-refractivity contribution in [2.75, 3.05) is 11.4 Å². The van der Waals surface area contributed by atoms with Gasteiger partial charge < -0.3 is 0 Å². The minimum absolute atomic E-state index is 0.123. The van der Waals surface area contributed by atoms with Crippen molar-refractivity contribution in [1.82, 2.24) is 24.5 Å².